The van der Waals surface area contributed by atoms with Crippen LogP contribution in [0.3, 0.4) is 0 Å². The Morgan fingerprint density at radius 1 is 1.50 bits per heavy atom. The largest absolute Gasteiger partial charge is 0.452 e. The normalized spacial score (nSPS) is 9.68. The van der Waals surface area contributed by atoms with Crippen molar-refractivity contribution in [2.75, 3.05) is 20.2 Å². The summed E-state index contributed by atoms with van der Waals surface area (Å²) in [6.07, 6.45) is 0.149. The van der Waals surface area contributed by atoms with E-state index in [9.17, 15) is 19.7 Å². The molecule has 1 amide bonds. The second kappa shape index (κ2) is 7.95. The highest BCUT2D eigenvalue weighted by atomic mass is 35.5. The van der Waals surface area contributed by atoms with Crippen LogP contribution in [0.1, 0.15) is 16.8 Å². The molecule has 0 unspecified atom stereocenters. The Bertz CT molecular complexity index is 641. The molecule has 0 saturated heterocycles. The fraction of sp³-hybridized carbons (Fsp3) is 0.308. The SMILES string of the molecule is CN(CCC#N)C(=O)COC(=O)c1cc(Cl)ccc1[N+](=O)[O-]. The van der Waals surface area contributed by atoms with Crippen molar-refractivity contribution < 1.29 is 19.2 Å². The van der Waals surface area contributed by atoms with Gasteiger partial charge in [-0.25, -0.2) is 4.79 Å². The quantitative estimate of drug-likeness (QED) is 0.447. The molecule has 8 nitrogen and oxygen atoms in total. The molecule has 0 bridgehead atoms. The standard InChI is InChI=1S/C13H12ClN3O5/c1-16(6-2-5-15)12(18)8-22-13(19)10-7-9(14)3-4-11(10)17(20)21/h3-4,7H,2,6,8H2,1H3. The third-order valence-electron chi connectivity index (χ3n) is 2.69. The van der Waals surface area contributed by atoms with Gasteiger partial charge >= 0.3 is 5.97 Å². The number of halogens is 1. The third-order valence-corrected chi connectivity index (χ3v) is 2.92. The Labute approximate surface area is 131 Å². The van der Waals surface area contributed by atoms with Gasteiger partial charge in [0.25, 0.3) is 11.6 Å². The maximum atomic E-state index is 11.9. The molecule has 0 N–H and O–H groups in total. The highest BCUT2D eigenvalue weighted by molar-refractivity contribution is 6.31. The van der Waals surface area contributed by atoms with Crippen molar-refractivity contribution in [2.45, 2.75) is 6.42 Å². The van der Waals surface area contributed by atoms with Gasteiger partial charge in [0.2, 0.25) is 0 Å². The lowest BCUT2D eigenvalue weighted by atomic mass is 10.2. The van der Waals surface area contributed by atoms with E-state index >= 15 is 0 Å². The first-order valence-electron chi connectivity index (χ1n) is 6.08. The van der Waals surface area contributed by atoms with Gasteiger partial charge in [0.1, 0.15) is 5.56 Å². The summed E-state index contributed by atoms with van der Waals surface area (Å²) in [7, 11) is 1.45. The number of carbonyl (C=O) groups is 2. The van der Waals surface area contributed by atoms with Crippen LogP contribution in [0.2, 0.25) is 5.02 Å². The molecule has 1 rings (SSSR count). The molecule has 0 saturated carbocycles. The number of hydrogen-bond acceptors (Lipinski definition) is 6. The number of nitriles is 1. The lowest BCUT2D eigenvalue weighted by molar-refractivity contribution is -0.385. The number of carbonyl (C=O) groups excluding carboxylic acids is 2. The summed E-state index contributed by atoms with van der Waals surface area (Å²) in [4.78, 5) is 34.8. The lowest BCUT2D eigenvalue weighted by Crippen LogP contribution is -2.32. The molecule has 1 aromatic rings. The zero-order valence-corrected chi connectivity index (χ0v) is 12.4. The minimum Gasteiger partial charge on any atom is -0.452 e. The van der Waals surface area contributed by atoms with Crippen LogP contribution in [-0.2, 0) is 9.53 Å². The molecule has 0 aromatic heterocycles. The summed E-state index contributed by atoms with van der Waals surface area (Å²) in [5.74, 6) is -1.54. The van der Waals surface area contributed by atoms with Gasteiger partial charge < -0.3 is 9.64 Å². The lowest BCUT2D eigenvalue weighted by Gasteiger charge is -2.15. The van der Waals surface area contributed by atoms with Crippen LogP contribution < -0.4 is 0 Å². The third kappa shape index (κ3) is 4.71. The average Bonchev–Trinajstić information content (AvgIpc) is 2.49. The molecule has 0 aliphatic heterocycles. The van der Waals surface area contributed by atoms with Gasteiger partial charge in [-0.15, -0.1) is 0 Å². The Hall–Kier alpha value is -2.66. The predicted molar refractivity (Wildman–Crippen MR) is 76.3 cm³/mol. The maximum absolute atomic E-state index is 11.9. The van der Waals surface area contributed by atoms with E-state index in [4.69, 9.17) is 21.6 Å². The number of amides is 1. The zero-order chi connectivity index (χ0) is 16.7. The Morgan fingerprint density at radius 3 is 2.77 bits per heavy atom. The molecular formula is C13H12ClN3O5. The first kappa shape index (κ1) is 17.4. The topological polar surface area (TPSA) is 114 Å². The molecule has 0 radical (unpaired) electrons. The van der Waals surface area contributed by atoms with Crippen LogP contribution in [0, 0.1) is 21.4 Å². The number of nitrogens with zero attached hydrogens (tertiary/aromatic N) is 3. The van der Waals surface area contributed by atoms with Crippen molar-refractivity contribution in [3.63, 3.8) is 0 Å². The maximum Gasteiger partial charge on any atom is 0.345 e. The molecule has 9 heteroatoms. The van der Waals surface area contributed by atoms with Crippen LogP contribution in [0.25, 0.3) is 0 Å². The highest BCUT2D eigenvalue weighted by Crippen LogP contribution is 2.23. The van der Waals surface area contributed by atoms with E-state index in [0.29, 0.717) is 0 Å². The zero-order valence-electron chi connectivity index (χ0n) is 11.6. The Kier molecular flexibility index (Phi) is 6.28. The number of rotatable bonds is 6. The predicted octanol–water partition coefficient (Wildman–Crippen LogP) is 1.78. The van der Waals surface area contributed by atoms with E-state index in [-0.39, 0.29) is 23.6 Å². The van der Waals surface area contributed by atoms with E-state index < -0.39 is 29.1 Å². The number of nitro benzene ring substituents is 1. The number of ether oxygens (including phenoxy) is 1. The molecule has 1 aromatic carbocycles. The van der Waals surface area contributed by atoms with E-state index in [2.05, 4.69) is 0 Å². The molecule has 116 valence electrons. The van der Waals surface area contributed by atoms with Gasteiger partial charge in [-0.1, -0.05) is 11.6 Å². The summed E-state index contributed by atoms with van der Waals surface area (Å²) in [5, 5.41) is 19.4. The van der Waals surface area contributed by atoms with Gasteiger partial charge in [-0.2, -0.15) is 5.26 Å². The van der Waals surface area contributed by atoms with Gasteiger partial charge in [-0.3, -0.25) is 14.9 Å². The van der Waals surface area contributed by atoms with Crippen LogP contribution >= 0.6 is 11.6 Å². The van der Waals surface area contributed by atoms with Gasteiger partial charge in [0.15, 0.2) is 6.61 Å². The molecular weight excluding hydrogens is 314 g/mol. The number of esters is 1. The van der Waals surface area contributed by atoms with E-state index in [1.807, 2.05) is 6.07 Å². The number of hydrogen-bond donors (Lipinski definition) is 0. The van der Waals surface area contributed by atoms with Crippen molar-refractivity contribution in [2.24, 2.45) is 0 Å². The smallest absolute Gasteiger partial charge is 0.345 e. The number of nitro groups is 1. The second-order valence-corrected chi connectivity index (χ2v) is 4.65. The van der Waals surface area contributed by atoms with Gasteiger partial charge in [0, 0.05) is 24.7 Å². The Balaban J connectivity index is 2.74. The molecule has 0 fully saturated rings. The van der Waals surface area contributed by atoms with Crippen LogP contribution in [0.4, 0.5) is 5.69 Å². The second-order valence-electron chi connectivity index (χ2n) is 4.22. The summed E-state index contributed by atoms with van der Waals surface area (Å²) in [6, 6.07) is 5.34. The molecule has 0 atom stereocenters. The average molecular weight is 326 g/mol. The fourth-order valence-corrected chi connectivity index (χ4v) is 1.66. The summed E-state index contributed by atoms with van der Waals surface area (Å²) in [6.45, 7) is -0.380. The minimum atomic E-state index is -1.02. The van der Waals surface area contributed by atoms with E-state index in [1.54, 1.807) is 0 Å². The van der Waals surface area contributed by atoms with Gasteiger partial charge in [-0.05, 0) is 12.1 Å². The fourth-order valence-electron chi connectivity index (χ4n) is 1.49. The van der Waals surface area contributed by atoms with Crippen molar-refractivity contribution in [1.82, 2.24) is 4.90 Å². The van der Waals surface area contributed by atoms with Crippen LogP contribution in [-0.4, -0.2) is 41.9 Å². The van der Waals surface area contributed by atoms with Crippen molar-refractivity contribution in [3.8, 4) is 6.07 Å². The van der Waals surface area contributed by atoms with Crippen molar-refractivity contribution in [1.29, 1.82) is 5.26 Å². The number of likely N-dealkylation sites (N-methyl/N-ethyl adjacent to an activating group) is 1. The van der Waals surface area contributed by atoms with Crippen LogP contribution in [0.15, 0.2) is 18.2 Å². The molecule has 0 spiro atoms. The monoisotopic (exact) mass is 325 g/mol. The first-order valence-corrected chi connectivity index (χ1v) is 6.46. The first-order chi connectivity index (χ1) is 10.4. The molecule has 0 aliphatic carbocycles. The number of benzene rings is 1. The summed E-state index contributed by atoms with van der Waals surface area (Å²) < 4.78 is 4.76. The summed E-state index contributed by atoms with van der Waals surface area (Å²) >= 11 is 5.70. The van der Waals surface area contributed by atoms with Crippen LogP contribution in [0.5, 0.6) is 0 Å². The van der Waals surface area contributed by atoms with Gasteiger partial charge in [0.05, 0.1) is 17.4 Å². The van der Waals surface area contributed by atoms with Crippen molar-refractivity contribution in [3.05, 3.63) is 38.9 Å². The molecule has 22 heavy (non-hydrogen) atoms. The minimum absolute atomic E-state index is 0.134. The molecule has 0 aliphatic rings. The summed E-state index contributed by atoms with van der Waals surface area (Å²) in [5.41, 5.74) is -0.787. The molecule has 0 heterocycles. The van der Waals surface area contributed by atoms with E-state index in [0.717, 1.165) is 12.1 Å². The van der Waals surface area contributed by atoms with Crippen molar-refractivity contribution >= 4 is 29.2 Å². The highest BCUT2D eigenvalue weighted by Gasteiger charge is 2.23. The Morgan fingerprint density at radius 2 is 2.18 bits per heavy atom. The van der Waals surface area contributed by atoms with E-state index in [1.165, 1.54) is 18.0 Å².